The minimum Gasteiger partial charge on any atom is -0.494 e. The van der Waals surface area contributed by atoms with Crippen LogP contribution in [0.25, 0.3) is 16.5 Å². The van der Waals surface area contributed by atoms with Crippen LogP contribution in [-0.2, 0) is 0 Å². The van der Waals surface area contributed by atoms with Crippen LogP contribution in [-0.4, -0.2) is 25.9 Å². The second-order valence-electron chi connectivity index (χ2n) is 7.42. The molecule has 4 aromatic rings. The Labute approximate surface area is 174 Å². The number of hydrogen-bond acceptors (Lipinski definition) is 5. The smallest absolute Gasteiger partial charge is 0.265 e. The predicted octanol–water partition coefficient (Wildman–Crippen LogP) is 4.47. The number of rotatable bonds is 3. The minimum absolute atomic E-state index is 0.168. The van der Waals surface area contributed by atoms with Crippen molar-refractivity contribution in [2.45, 2.75) is 27.7 Å². The van der Waals surface area contributed by atoms with E-state index in [9.17, 15) is 9.90 Å². The summed E-state index contributed by atoms with van der Waals surface area (Å²) in [5, 5.41) is 12.3. The Kier molecular flexibility index (Phi) is 4.91. The average molecular weight is 398 g/mol. The first-order valence-electron chi connectivity index (χ1n) is 9.66. The number of hydrogen-bond donors (Lipinski definition) is 1. The number of benzene rings is 2. The van der Waals surface area contributed by atoms with E-state index in [1.54, 1.807) is 18.2 Å². The number of aromatic nitrogens is 3. The molecule has 0 saturated carbocycles. The lowest BCUT2D eigenvalue weighted by molar-refractivity contribution is 0.436. The largest absolute Gasteiger partial charge is 0.494 e. The van der Waals surface area contributed by atoms with Gasteiger partial charge in [-0.1, -0.05) is 35.9 Å². The summed E-state index contributed by atoms with van der Waals surface area (Å²) in [6.45, 7) is 7.66. The van der Waals surface area contributed by atoms with Crippen LogP contribution in [0.5, 0.6) is 5.88 Å². The van der Waals surface area contributed by atoms with Crippen LogP contribution < -0.4 is 5.56 Å². The van der Waals surface area contributed by atoms with Crippen molar-refractivity contribution in [1.29, 1.82) is 0 Å². The molecule has 6 heteroatoms. The summed E-state index contributed by atoms with van der Waals surface area (Å²) in [5.41, 5.74) is 4.38. The lowest BCUT2D eigenvalue weighted by Crippen LogP contribution is -2.21. The maximum Gasteiger partial charge on any atom is 0.265 e. The van der Waals surface area contributed by atoms with Gasteiger partial charge >= 0.3 is 0 Å². The van der Waals surface area contributed by atoms with Crippen molar-refractivity contribution in [1.82, 2.24) is 14.5 Å². The summed E-state index contributed by atoms with van der Waals surface area (Å²) < 4.78 is 1.33. The summed E-state index contributed by atoms with van der Waals surface area (Å²) >= 11 is 0. The summed E-state index contributed by atoms with van der Waals surface area (Å²) in [6.07, 6.45) is 1.52. The fourth-order valence-corrected chi connectivity index (χ4v) is 3.66. The van der Waals surface area contributed by atoms with E-state index in [0.717, 1.165) is 22.5 Å². The Morgan fingerprint density at radius 2 is 1.60 bits per heavy atom. The molecule has 2 aromatic carbocycles. The van der Waals surface area contributed by atoms with Gasteiger partial charge in [-0.15, -0.1) is 0 Å². The van der Waals surface area contributed by atoms with Crippen LogP contribution in [0, 0.1) is 27.7 Å². The molecule has 0 radical (unpaired) electrons. The van der Waals surface area contributed by atoms with Gasteiger partial charge in [0.05, 0.1) is 11.3 Å². The van der Waals surface area contributed by atoms with Gasteiger partial charge in [0.1, 0.15) is 0 Å². The SMILES string of the molecule is Cc1ccc(-n2c(O)c(C=Nc3nc(C)cc(C)n3)c3ccccc3c2=O)c(C)c1. The second-order valence-corrected chi connectivity index (χ2v) is 7.42. The molecule has 0 aliphatic heterocycles. The van der Waals surface area contributed by atoms with E-state index in [1.807, 2.05) is 58.0 Å². The van der Waals surface area contributed by atoms with Gasteiger partial charge in [0, 0.05) is 28.4 Å². The molecule has 6 nitrogen and oxygen atoms in total. The van der Waals surface area contributed by atoms with Crippen LogP contribution in [0.3, 0.4) is 0 Å². The van der Waals surface area contributed by atoms with Gasteiger partial charge in [0.25, 0.3) is 5.56 Å². The fourth-order valence-electron chi connectivity index (χ4n) is 3.66. The van der Waals surface area contributed by atoms with Gasteiger partial charge in [-0.25, -0.2) is 19.5 Å². The highest BCUT2D eigenvalue weighted by Crippen LogP contribution is 2.27. The minimum atomic E-state index is -0.283. The average Bonchev–Trinajstić information content (AvgIpc) is 2.69. The van der Waals surface area contributed by atoms with Gasteiger partial charge in [-0.3, -0.25) is 4.79 Å². The van der Waals surface area contributed by atoms with Gasteiger partial charge in [0.15, 0.2) is 0 Å². The van der Waals surface area contributed by atoms with E-state index in [0.29, 0.717) is 28.0 Å². The summed E-state index contributed by atoms with van der Waals surface area (Å²) in [5.74, 6) is 0.138. The van der Waals surface area contributed by atoms with Gasteiger partial charge < -0.3 is 5.11 Å². The molecular formula is C24H22N4O2. The Hall–Kier alpha value is -3.80. The third-order valence-electron chi connectivity index (χ3n) is 4.98. The molecule has 0 fully saturated rings. The van der Waals surface area contributed by atoms with Crippen LogP contribution in [0.4, 0.5) is 5.95 Å². The van der Waals surface area contributed by atoms with Crippen molar-refractivity contribution in [2.75, 3.05) is 0 Å². The molecule has 150 valence electrons. The number of aliphatic imine (C=N–C) groups is 1. The normalized spacial score (nSPS) is 11.5. The van der Waals surface area contributed by atoms with E-state index in [-0.39, 0.29) is 11.4 Å². The summed E-state index contributed by atoms with van der Waals surface area (Å²) in [4.78, 5) is 26.3. The molecule has 30 heavy (non-hydrogen) atoms. The molecule has 0 amide bonds. The highest BCUT2D eigenvalue weighted by atomic mass is 16.3. The summed E-state index contributed by atoms with van der Waals surface area (Å²) in [7, 11) is 0. The third-order valence-corrected chi connectivity index (χ3v) is 4.98. The molecule has 4 rings (SSSR count). The van der Waals surface area contributed by atoms with Crippen LogP contribution in [0.1, 0.15) is 28.1 Å². The Bertz CT molecular complexity index is 1350. The highest BCUT2D eigenvalue weighted by Gasteiger charge is 2.17. The first-order chi connectivity index (χ1) is 14.3. The molecule has 0 atom stereocenters. The van der Waals surface area contributed by atoms with E-state index in [1.165, 1.54) is 10.8 Å². The Morgan fingerprint density at radius 1 is 0.933 bits per heavy atom. The number of nitrogens with zero attached hydrogens (tertiary/aromatic N) is 4. The third kappa shape index (κ3) is 3.48. The number of aryl methyl sites for hydroxylation is 4. The molecule has 2 aromatic heterocycles. The topological polar surface area (TPSA) is 80.4 Å². The van der Waals surface area contributed by atoms with Gasteiger partial charge in [-0.05, 0) is 51.5 Å². The molecule has 0 spiro atoms. The maximum absolute atomic E-state index is 13.2. The Balaban J connectivity index is 1.99. The zero-order valence-corrected chi connectivity index (χ0v) is 17.3. The first kappa shape index (κ1) is 19.5. The lowest BCUT2D eigenvalue weighted by atomic mass is 10.1. The molecule has 0 saturated heterocycles. The number of aromatic hydroxyl groups is 1. The Morgan fingerprint density at radius 3 is 2.27 bits per heavy atom. The highest BCUT2D eigenvalue weighted by molar-refractivity contribution is 6.02. The standard InChI is InChI=1S/C24H22N4O2/c1-14-9-10-21(15(2)11-14)28-22(29)19-8-6-5-7-18(19)20(23(28)30)13-25-24-26-16(3)12-17(4)27-24/h5-13,30H,1-4H3. The fraction of sp³-hybridized carbons (Fsp3) is 0.167. The van der Waals surface area contributed by atoms with Crippen LogP contribution in [0.15, 0.2) is 58.3 Å². The zero-order valence-electron chi connectivity index (χ0n) is 17.3. The molecule has 0 bridgehead atoms. The van der Waals surface area contributed by atoms with E-state index in [2.05, 4.69) is 15.0 Å². The van der Waals surface area contributed by atoms with Crippen LogP contribution in [0.2, 0.25) is 0 Å². The van der Waals surface area contributed by atoms with Crippen molar-refractivity contribution in [3.63, 3.8) is 0 Å². The summed E-state index contributed by atoms with van der Waals surface area (Å²) in [6, 6.07) is 14.8. The molecule has 0 aliphatic carbocycles. The van der Waals surface area contributed by atoms with Gasteiger partial charge in [-0.2, -0.15) is 0 Å². The number of fused-ring (bicyclic) bond motifs is 1. The zero-order chi connectivity index (χ0) is 21.4. The van der Waals surface area contributed by atoms with Gasteiger partial charge in [0.2, 0.25) is 11.8 Å². The van der Waals surface area contributed by atoms with Crippen molar-refractivity contribution in [3.05, 3.63) is 87.0 Å². The monoisotopic (exact) mass is 398 g/mol. The molecular weight excluding hydrogens is 376 g/mol. The van der Waals surface area contributed by atoms with E-state index in [4.69, 9.17) is 0 Å². The predicted molar refractivity (Wildman–Crippen MR) is 119 cm³/mol. The van der Waals surface area contributed by atoms with Crippen molar-refractivity contribution >= 4 is 22.9 Å². The molecule has 2 heterocycles. The molecule has 0 aliphatic rings. The number of pyridine rings is 1. The van der Waals surface area contributed by atoms with Crippen molar-refractivity contribution in [2.24, 2.45) is 4.99 Å². The van der Waals surface area contributed by atoms with E-state index >= 15 is 0 Å². The van der Waals surface area contributed by atoms with Crippen molar-refractivity contribution < 1.29 is 5.11 Å². The molecule has 1 N–H and O–H groups in total. The lowest BCUT2D eigenvalue weighted by Gasteiger charge is -2.15. The quantitative estimate of drug-likeness (QED) is 0.516. The van der Waals surface area contributed by atoms with Crippen molar-refractivity contribution in [3.8, 4) is 11.6 Å². The first-order valence-corrected chi connectivity index (χ1v) is 9.66. The van der Waals surface area contributed by atoms with Crippen LogP contribution >= 0.6 is 0 Å². The molecule has 0 unspecified atom stereocenters. The second kappa shape index (κ2) is 7.55. The maximum atomic E-state index is 13.2. The van der Waals surface area contributed by atoms with E-state index < -0.39 is 0 Å².